The third-order valence-corrected chi connectivity index (χ3v) is 4.65. The molecule has 0 aromatic heterocycles. The molecule has 1 N–H and O–H groups in total. The number of piperidine rings is 1. The first-order valence-corrected chi connectivity index (χ1v) is 8.48. The second kappa shape index (κ2) is 7.51. The SMILES string of the molecule is O=C(Nc1ccccc1Cl)N1CCCCC1Cc1ccccc1. The van der Waals surface area contributed by atoms with Gasteiger partial charge in [0.15, 0.2) is 0 Å². The van der Waals surface area contributed by atoms with E-state index in [0.717, 1.165) is 25.8 Å². The number of nitrogens with one attached hydrogen (secondary N) is 1. The summed E-state index contributed by atoms with van der Waals surface area (Å²) in [7, 11) is 0. The van der Waals surface area contributed by atoms with Crippen LogP contribution < -0.4 is 5.32 Å². The number of para-hydroxylation sites is 1. The minimum absolute atomic E-state index is 0.0567. The molecule has 3 rings (SSSR count). The minimum Gasteiger partial charge on any atom is -0.321 e. The van der Waals surface area contributed by atoms with Gasteiger partial charge in [-0.05, 0) is 43.4 Å². The number of carbonyl (C=O) groups is 1. The number of carbonyl (C=O) groups excluding carboxylic acids is 1. The van der Waals surface area contributed by atoms with E-state index in [9.17, 15) is 4.79 Å². The van der Waals surface area contributed by atoms with Crippen LogP contribution in [0.1, 0.15) is 24.8 Å². The summed E-state index contributed by atoms with van der Waals surface area (Å²) in [6, 6.07) is 17.9. The average Bonchev–Trinajstić information content (AvgIpc) is 2.58. The lowest BCUT2D eigenvalue weighted by Gasteiger charge is -2.36. The summed E-state index contributed by atoms with van der Waals surface area (Å²) in [4.78, 5) is 14.6. The van der Waals surface area contributed by atoms with Gasteiger partial charge in [0.05, 0.1) is 10.7 Å². The Bertz CT molecular complexity index is 659. The van der Waals surface area contributed by atoms with Crippen molar-refractivity contribution in [1.82, 2.24) is 4.90 Å². The predicted molar refractivity (Wildman–Crippen MR) is 95.0 cm³/mol. The fourth-order valence-corrected chi connectivity index (χ4v) is 3.30. The van der Waals surface area contributed by atoms with Crippen molar-refractivity contribution in [3.05, 3.63) is 65.2 Å². The molecule has 120 valence electrons. The molecule has 1 heterocycles. The zero-order valence-corrected chi connectivity index (χ0v) is 13.8. The Morgan fingerprint density at radius 3 is 2.61 bits per heavy atom. The van der Waals surface area contributed by atoms with Crippen LogP contribution in [-0.2, 0) is 6.42 Å². The van der Waals surface area contributed by atoms with Crippen molar-refractivity contribution in [3.63, 3.8) is 0 Å². The third-order valence-electron chi connectivity index (χ3n) is 4.32. The summed E-state index contributed by atoms with van der Waals surface area (Å²) in [6.45, 7) is 0.799. The number of urea groups is 1. The highest BCUT2D eigenvalue weighted by molar-refractivity contribution is 6.33. The van der Waals surface area contributed by atoms with E-state index < -0.39 is 0 Å². The molecule has 2 aromatic carbocycles. The van der Waals surface area contributed by atoms with Gasteiger partial charge in [-0.2, -0.15) is 0 Å². The van der Waals surface area contributed by atoms with Gasteiger partial charge in [-0.15, -0.1) is 0 Å². The molecule has 2 amide bonds. The molecule has 1 saturated heterocycles. The van der Waals surface area contributed by atoms with Gasteiger partial charge >= 0.3 is 6.03 Å². The van der Waals surface area contributed by atoms with Gasteiger partial charge in [-0.25, -0.2) is 4.79 Å². The van der Waals surface area contributed by atoms with E-state index in [-0.39, 0.29) is 12.1 Å². The van der Waals surface area contributed by atoms with Crippen molar-refractivity contribution in [2.45, 2.75) is 31.7 Å². The quantitative estimate of drug-likeness (QED) is 0.847. The van der Waals surface area contributed by atoms with Crippen LogP contribution in [-0.4, -0.2) is 23.5 Å². The molecule has 1 fully saturated rings. The highest BCUT2D eigenvalue weighted by Gasteiger charge is 2.27. The Balaban J connectivity index is 1.70. The number of anilines is 1. The van der Waals surface area contributed by atoms with Crippen LogP contribution in [0.2, 0.25) is 5.02 Å². The molecular weight excluding hydrogens is 308 g/mol. The van der Waals surface area contributed by atoms with Crippen LogP contribution in [0.4, 0.5) is 10.5 Å². The maximum Gasteiger partial charge on any atom is 0.322 e. The highest BCUT2D eigenvalue weighted by atomic mass is 35.5. The molecule has 1 unspecified atom stereocenters. The number of benzene rings is 2. The average molecular weight is 329 g/mol. The molecule has 2 aromatic rings. The number of amides is 2. The molecule has 4 heteroatoms. The van der Waals surface area contributed by atoms with Crippen molar-refractivity contribution in [2.75, 3.05) is 11.9 Å². The standard InChI is InChI=1S/C19H21ClN2O/c20-17-11-4-5-12-18(17)21-19(23)22-13-7-6-10-16(22)14-15-8-2-1-3-9-15/h1-5,8-9,11-12,16H,6-7,10,13-14H2,(H,21,23). The Kier molecular flexibility index (Phi) is 5.19. The van der Waals surface area contributed by atoms with Crippen molar-refractivity contribution in [3.8, 4) is 0 Å². The summed E-state index contributed by atoms with van der Waals surface area (Å²) < 4.78 is 0. The monoisotopic (exact) mass is 328 g/mol. The van der Waals surface area contributed by atoms with E-state index in [1.807, 2.05) is 41.3 Å². The molecule has 23 heavy (non-hydrogen) atoms. The smallest absolute Gasteiger partial charge is 0.321 e. The molecule has 1 aliphatic rings. The molecule has 0 saturated carbocycles. The summed E-state index contributed by atoms with van der Waals surface area (Å²) in [6.07, 6.45) is 4.18. The lowest BCUT2D eigenvalue weighted by atomic mass is 9.96. The second-order valence-electron chi connectivity index (χ2n) is 5.94. The second-order valence-corrected chi connectivity index (χ2v) is 6.35. The fourth-order valence-electron chi connectivity index (χ4n) is 3.12. The molecule has 3 nitrogen and oxygen atoms in total. The van der Waals surface area contributed by atoms with Crippen molar-refractivity contribution in [1.29, 1.82) is 0 Å². The molecular formula is C19H21ClN2O. The van der Waals surface area contributed by atoms with Crippen LogP contribution >= 0.6 is 11.6 Å². The normalized spacial score (nSPS) is 17.8. The van der Waals surface area contributed by atoms with Gasteiger partial charge < -0.3 is 10.2 Å². The van der Waals surface area contributed by atoms with Crippen LogP contribution in [0.5, 0.6) is 0 Å². The lowest BCUT2D eigenvalue weighted by Crippen LogP contribution is -2.46. The first-order chi connectivity index (χ1) is 11.2. The van der Waals surface area contributed by atoms with E-state index in [1.54, 1.807) is 6.07 Å². The summed E-state index contributed by atoms with van der Waals surface area (Å²) >= 11 is 6.14. The zero-order chi connectivity index (χ0) is 16.1. The van der Waals surface area contributed by atoms with Gasteiger partial charge in [-0.3, -0.25) is 0 Å². The Hall–Kier alpha value is -2.00. The minimum atomic E-state index is -0.0567. The molecule has 1 atom stereocenters. The molecule has 1 aliphatic heterocycles. The molecule has 0 bridgehead atoms. The van der Waals surface area contributed by atoms with E-state index in [0.29, 0.717) is 10.7 Å². The maximum absolute atomic E-state index is 12.7. The van der Waals surface area contributed by atoms with Gasteiger partial charge in [0.1, 0.15) is 0 Å². The van der Waals surface area contributed by atoms with Crippen LogP contribution in [0.25, 0.3) is 0 Å². The van der Waals surface area contributed by atoms with E-state index in [4.69, 9.17) is 11.6 Å². The van der Waals surface area contributed by atoms with Crippen molar-refractivity contribution < 1.29 is 4.79 Å². The topological polar surface area (TPSA) is 32.3 Å². The largest absolute Gasteiger partial charge is 0.322 e. The summed E-state index contributed by atoms with van der Waals surface area (Å²) in [5.41, 5.74) is 1.94. The first kappa shape index (κ1) is 15.9. The lowest BCUT2D eigenvalue weighted by molar-refractivity contribution is 0.162. The van der Waals surface area contributed by atoms with Crippen LogP contribution in [0, 0.1) is 0 Å². The Labute approximate surface area is 142 Å². The number of hydrogen-bond acceptors (Lipinski definition) is 1. The highest BCUT2D eigenvalue weighted by Crippen LogP contribution is 2.24. The number of halogens is 1. The first-order valence-electron chi connectivity index (χ1n) is 8.10. The summed E-state index contributed by atoms with van der Waals surface area (Å²) in [5.74, 6) is 0. The number of nitrogens with zero attached hydrogens (tertiary/aromatic N) is 1. The van der Waals surface area contributed by atoms with E-state index in [2.05, 4.69) is 17.4 Å². The van der Waals surface area contributed by atoms with E-state index in [1.165, 1.54) is 12.0 Å². The number of hydrogen-bond donors (Lipinski definition) is 1. The van der Waals surface area contributed by atoms with Crippen LogP contribution in [0.3, 0.4) is 0 Å². The van der Waals surface area contributed by atoms with Gasteiger partial charge in [0.2, 0.25) is 0 Å². The molecule has 0 spiro atoms. The third kappa shape index (κ3) is 4.05. The van der Waals surface area contributed by atoms with Crippen molar-refractivity contribution >= 4 is 23.3 Å². The molecule has 0 aliphatic carbocycles. The predicted octanol–water partition coefficient (Wildman–Crippen LogP) is 4.97. The Morgan fingerprint density at radius 1 is 1.09 bits per heavy atom. The molecule has 0 radical (unpaired) electrons. The van der Waals surface area contributed by atoms with Crippen molar-refractivity contribution in [2.24, 2.45) is 0 Å². The fraction of sp³-hybridized carbons (Fsp3) is 0.316. The zero-order valence-electron chi connectivity index (χ0n) is 13.0. The Morgan fingerprint density at radius 2 is 1.83 bits per heavy atom. The van der Waals surface area contributed by atoms with Gasteiger partial charge in [0, 0.05) is 12.6 Å². The summed E-state index contributed by atoms with van der Waals surface area (Å²) in [5, 5.41) is 3.52. The maximum atomic E-state index is 12.7. The van der Waals surface area contributed by atoms with E-state index >= 15 is 0 Å². The van der Waals surface area contributed by atoms with Crippen LogP contribution in [0.15, 0.2) is 54.6 Å². The van der Waals surface area contributed by atoms with Gasteiger partial charge in [0.25, 0.3) is 0 Å². The number of likely N-dealkylation sites (tertiary alicyclic amines) is 1. The number of rotatable bonds is 3. The van der Waals surface area contributed by atoms with Gasteiger partial charge in [-0.1, -0.05) is 54.1 Å².